The minimum Gasteiger partial charge on any atom is -0.304 e. The van der Waals surface area contributed by atoms with Gasteiger partial charge < -0.3 is 5.32 Å². The highest BCUT2D eigenvalue weighted by molar-refractivity contribution is 7.99. The smallest absolute Gasteiger partial charge is 0.0669 e. The third kappa shape index (κ3) is 1.33. The number of nitrogens with one attached hydrogen (secondary N) is 2. The van der Waals surface area contributed by atoms with Crippen LogP contribution in [0, 0.1) is 0 Å². The zero-order chi connectivity index (χ0) is 5.11. The summed E-state index contributed by atoms with van der Waals surface area (Å²) in [6.45, 7) is 0. The van der Waals surface area contributed by atoms with Crippen LogP contribution in [-0.2, 0) is 0 Å². The highest BCUT2D eigenvalue weighted by Crippen LogP contribution is 2.05. The van der Waals surface area contributed by atoms with Crippen LogP contribution in [-0.4, -0.2) is 24.8 Å². The van der Waals surface area contributed by atoms with Gasteiger partial charge in [-0.05, 0) is 7.05 Å². The van der Waals surface area contributed by atoms with Gasteiger partial charge in [-0.1, -0.05) is 0 Å². The summed E-state index contributed by atoms with van der Waals surface area (Å²) in [5.41, 5.74) is 0. The van der Waals surface area contributed by atoms with Crippen LogP contribution in [0.25, 0.3) is 0 Å². The first-order valence-electron chi connectivity index (χ1n) is 2.42. The molecule has 2 nitrogen and oxygen atoms in total. The Morgan fingerprint density at radius 1 is 1.86 bits per heavy atom. The fraction of sp³-hybridized carbons (Fsp3) is 1.00. The van der Waals surface area contributed by atoms with Crippen molar-refractivity contribution in [3.63, 3.8) is 0 Å². The van der Waals surface area contributed by atoms with E-state index in [2.05, 4.69) is 10.6 Å². The molecule has 2 N–H and O–H groups in total. The minimum absolute atomic E-state index is 0.560. The predicted octanol–water partition coefficient (Wildman–Crippen LogP) is -0.174. The summed E-state index contributed by atoms with van der Waals surface area (Å²) in [4.78, 5) is 0. The molecule has 1 fully saturated rings. The third-order valence-electron chi connectivity index (χ3n) is 1.06. The van der Waals surface area contributed by atoms with Crippen LogP contribution in [0.3, 0.4) is 0 Å². The maximum absolute atomic E-state index is 3.26. The first kappa shape index (κ1) is 5.41. The molecular formula is C4H10N2S. The Bertz CT molecular complexity index is 51.7. The first-order valence-corrected chi connectivity index (χ1v) is 3.57. The Kier molecular flexibility index (Phi) is 1.97. The second-order valence-electron chi connectivity index (χ2n) is 1.56. The molecule has 0 aromatic carbocycles. The van der Waals surface area contributed by atoms with Gasteiger partial charge in [0, 0.05) is 11.6 Å². The molecule has 7 heavy (non-hydrogen) atoms. The SMILES string of the molecule is CNC1CSCN1. The molecule has 0 aliphatic carbocycles. The molecule has 1 atom stereocenters. The van der Waals surface area contributed by atoms with Gasteiger partial charge in [0.25, 0.3) is 0 Å². The lowest BCUT2D eigenvalue weighted by atomic mass is 10.6. The average molecular weight is 118 g/mol. The minimum atomic E-state index is 0.560. The lowest BCUT2D eigenvalue weighted by molar-refractivity contribution is 0.556. The summed E-state index contributed by atoms with van der Waals surface area (Å²) in [5, 5.41) is 6.39. The zero-order valence-corrected chi connectivity index (χ0v) is 5.22. The van der Waals surface area contributed by atoms with Gasteiger partial charge in [0.15, 0.2) is 0 Å². The third-order valence-corrected chi connectivity index (χ3v) is 2.00. The second-order valence-corrected chi connectivity index (χ2v) is 2.59. The van der Waals surface area contributed by atoms with E-state index in [1.165, 1.54) is 5.75 Å². The first-order chi connectivity index (χ1) is 3.43. The summed E-state index contributed by atoms with van der Waals surface area (Å²) in [6, 6.07) is 0. The van der Waals surface area contributed by atoms with E-state index >= 15 is 0 Å². The van der Waals surface area contributed by atoms with E-state index in [1.54, 1.807) is 0 Å². The molecule has 0 amide bonds. The number of hydrogen-bond donors (Lipinski definition) is 2. The van der Waals surface area contributed by atoms with Gasteiger partial charge in [-0.2, -0.15) is 0 Å². The van der Waals surface area contributed by atoms with Gasteiger partial charge in [0.1, 0.15) is 0 Å². The molecule has 0 radical (unpaired) electrons. The van der Waals surface area contributed by atoms with Gasteiger partial charge in [-0.3, -0.25) is 5.32 Å². The van der Waals surface area contributed by atoms with Crippen molar-refractivity contribution in [2.24, 2.45) is 0 Å². The summed E-state index contributed by atoms with van der Waals surface area (Å²) in [5.74, 6) is 2.31. The lowest BCUT2D eigenvalue weighted by Gasteiger charge is -2.03. The van der Waals surface area contributed by atoms with Gasteiger partial charge in [0.05, 0.1) is 6.17 Å². The van der Waals surface area contributed by atoms with Gasteiger partial charge in [-0.25, -0.2) is 0 Å². The number of thioether (sulfide) groups is 1. The molecular weight excluding hydrogens is 108 g/mol. The molecule has 42 valence electrons. The molecule has 0 spiro atoms. The van der Waals surface area contributed by atoms with Crippen LogP contribution in [0.1, 0.15) is 0 Å². The standard InChI is InChI=1S/C4H10N2S/c1-5-4-2-7-3-6-4/h4-6H,2-3H2,1H3. The van der Waals surface area contributed by atoms with Crippen LogP contribution in [0.2, 0.25) is 0 Å². The fourth-order valence-electron chi connectivity index (χ4n) is 0.581. The molecule has 0 saturated carbocycles. The largest absolute Gasteiger partial charge is 0.304 e. The topological polar surface area (TPSA) is 24.1 Å². The lowest BCUT2D eigenvalue weighted by Crippen LogP contribution is -2.36. The monoisotopic (exact) mass is 118 g/mol. The van der Waals surface area contributed by atoms with Crippen molar-refractivity contribution in [2.45, 2.75) is 6.17 Å². The molecule has 1 rings (SSSR count). The van der Waals surface area contributed by atoms with Gasteiger partial charge >= 0.3 is 0 Å². The van der Waals surface area contributed by atoms with Crippen molar-refractivity contribution in [1.82, 2.24) is 10.6 Å². The quantitative estimate of drug-likeness (QED) is 0.499. The van der Waals surface area contributed by atoms with Crippen LogP contribution < -0.4 is 10.6 Å². The van der Waals surface area contributed by atoms with Crippen molar-refractivity contribution in [2.75, 3.05) is 18.7 Å². The van der Waals surface area contributed by atoms with E-state index < -0.39 is 0 Å². The van der Waals surface area contributed by atoms with Crippen LogP contribution in [0.5, 0.6) is 0 Å². The van der Waals surface area contributed by atoms with E-state index in [4.69, 9.17) is 0 Å². The molecule has 0 aromatic heterocycles. The van der Waals surface area contributed by atoms with Crippen LogP contribution in [0.15, 0.2) is 0 Å². The van der Waals surface area contributed by atoms with Crippen molar-refractivity contribution in [1.29, 1.82) is 0 Å². The maximum Gasteiger partial charge on any atom is 0.0669 e. The van der Waals surface area contributed by atoms with E-state index in [1.807, 2.05) is 18.8 Å². The molecule has 1 aliphatic heterocycles. The van der Waals surface area contributed by atoms with Crippen molar-refractivity contribution >= 4 is 11.8 Å². The van der Waals surface area contributed by atoms with Crippen molar-refractivity contribution in [3.05, 3.63) is 0 Å². The Labute approximate surface area is 48.1 Å². The molecule has 0 aromatic rings. The van der Waals surface area contributed by atoms with E-state index in [9.17, 15) is 0 Å². The molecule has 1 aliphatic rings. The molecule has 3 heteroatoms. The van der Waals surface area contributed by atoms with Crippen LogP contribution in [0.4, 0.5) is 0 Å². The zero-order valence-electron chi connectivity index (χ0n) is 4.40. The Morgan fingerprint density at radius 3 is 3.00 bits per heavy atom. The molecule has 0 bridgehead atoms. The Balaban J connectivity index is 2.14. The number of rotatable bonds is 1. The van der Waals surface area contributed by atoms with E-state index in [-0.39, 0.29) is 0 Å². The summed E-state index contributed by atoms with van der Waals surface area (Å²) < 4.78 is 0. The Morgan fingerprint density at radius 2 is 2.71 bits per heavy atom. The average Bonchev–Trinajstić information content (AvgIpc) is 2.14. The molecule has 1 saturated heterocycles. The Hall–Kier alpha value is 0.270. The van der Waals surface area contributed by atoms with E-state index in [0.29, 0.717) is 6.17 Å². The summed E-state index contributed by atoms with van der Waals surface area (Å²) in [7, 11) is 1.98. The predicted molar refractivity (Wildman–Crippen MR) is 33.3 cm³/mol. The normalized spacial score (nSPS) is 31.3. The molecule has 1 unspecified atom stereocenters. The summed E-state index contributed by atoms with van der Waals surface area (Å²) >= 11 is 1.93. The van der Waals surface area contributed by atoms with Crippen molar-refractivity contribution < 1.29 is 0 Å². The fourth-order valence-corrected chi connectivity index (χ4v) is 1.54. The number of hydrogen-bond acceptors (Lipinski definition) is 3. The second kappa shape index (κ2) is 2.55. The molecule has 1 heterocycles. The highest BCUT2D eigenvalue weighted by Gasteiger charge is 2.09. The van der Waals surface area contributed by atoms with Gasteiger partial charge in [0.2, 0.25) is 0 Å². The van der Waals surface area contributed by atoms with Crippen LogP contribution >= 0.6 is 11.8 Å². The van der Waals surface area contributed by atoms with Gasteiger partial charge in [-0.15, -0.1) is 11.8 Å². The highest BCUT2D eigenvalue weighted by atomic mass is 32.2. The van der Waals surface area contributed by atoms with E-state index in [0.717, 1.165) is 5.88 Å². The van der Waals surface area contributed by atoms with Crippen molar-refractivity contribution in [3.8, 4) is 0 Å². The maximum atomic E-state index is 3.26. The summed E-state index contributed by atoms with van der Waals surface area (Å²) in [6.07, 6.45) is 0.560.